The first-order valence-corrected chi connectivity index (χ1v) is 14.5. The van der Waals surface area contributed by atoms with E-state index < -0.39 is 46.9 Å². The fourth-order valence-corrected chi connectivity index (χ4v) is 5.60. The summed E-state index contributed by atoms with van der Waals surface area (Å²) in [5, 5.41) is 0. The Morgan fingerprint density at radius 2 is 1.56 bits per heavy atom. The molecule has 0 amide bonds. The van der Waals surface area contributed by atoms with E-state index in [1.807, 2.05) is 0 Å². The van der Waals surface area contributed by atoms with Crippen molar-refractivity contribution in [3.63, 3.8) is 0 Å². The van der Waals surface area contributed by atoms with Crippen LogP contribution in [0.4, 0.5) is 5.95 Å². The van der Waals surface area contributed by atoms with Crippen LogP contribution < -0.4 is 16.2 Å². The summed E-state index contributed by atoms with van der Waals surface area (Å²) in [6.07, 6.45) is 7.78. The molecule has 1 fully saturated rings. The number of carbonyl (C=O) groups excluding carboxylic acids is 2. The van der Waals surface area contributed by atoms with Crippen LogP contribution in [0.15, 0.2) is 9.59 Å². The highest BCUT2D eigenvalue weighted by atomic mass is 32.1. The van der Waals surface area contributed by atoms with Gasteiger partial charge in [0.25, 0.3) is 5.56 Å². The maximum absolute atomic E-state index is 12.9. The number of nitrogens with one attached hydrogen (secondary N) is 1. The molecule has 13 heteroatoms. The average Bonchev–Trinajstić information content (AvgIpc) is 3.35. The zero-order chi connectivity index (χ0) is 28.4. The molecule has 0 bridgehead atoms. The van der Waals surface area contributed by atoms with Crippen molar-refractivity contribution < 1.29 is 28.5 Å². The molecule has 12 nitrogen and oxygen atoms in total. The van der Waals surface area contributed by atoms with Gasteiger partial charge in [-0.25, -0.2) is 0 Å². The van der Waals surface area contributed by atoms with Crippen LogP contribution in [0.3, 0.4) is 0 Å². The van der Waals surface area contributed by atoms with Crippen LogP contribution in [-0.4, -0.2) is 58.0 Å². The van der Waals surface area contributed by atoms with E-state index in [4.69, 9.17) is 24.7 Å². The maximum atomic E-state index is 12.9. The average molecular weight is 569 g/mol. The van der Waals surface area contributed by atoms with E-state index in [1.165, 1.54) is 58.8 Å². The van der Waals surface area contributed by atoms with Crippen molar-refractivity contribution >= 4 is 39.6 Å². The fraction of sp³-hybridized carbons (Fsp3) is 0.731. The van der Waals surface area contributed by atoms with Gasteiger partial charge in [0.2, 0.25) is 5.95 Å². The number of rotatable bonds is 16. The molecule has 0 radical (unpaired) electrons. The lowest BCUT2D eigenvalue weighted by molar-refractivity contribution is -0.165. The topological polar surface area (TPSA) is 165 Å². The van der Waals surface area contributed by atoms with Gasteiger partial charge in [0.1, 0.15) is 10.8 Å². The van der Waals surface area contributed by atoms with Crippen LogP contribution in [0, 0.1) is 0 Å². The third-order valence-corrected chi connectivity index (χ3v) is 7.50. The zero-order valence-corrected chi connectivity index (χ0v) is 23.8. The van der Waals surface area contributed by atoms with E-state index in [-0.39, 0.29) is 22.9 Å². The molecule has 4 atom stereocenters. The third kappa shape index (κ3) is 8.61. The molecule has 3 N–H and O–H groups in total. The van der Waals surface area contributed by atoms with Gasteiger partial charge in [-0.15, -0.1) is 0 Å². The third-order valence-electron chi connectivity index (χ3n) is 6.56. The minimum atomic E-state index is -1.21. The second-order valence-electron chi connectivity index (χ2n) is 9.81. The molecule has 3 rings (SSSR count). The number of H-pyrrole nitrogens is 1. The molecule has 218 valence electrons. The maximum Gasteiger partial charge on any atom is 0.311 e. The summed E-state index contributed by atoms with van der Waals surface area (Å²) in [6.45, 7) is 5.19. The van der Waals surface area contributed by atoms with Gasteiger partial charge < -0.3 is 24.7 Å². The van der Waals surface area contributed by atoms with Crippen LogP contribution in [0.5, 0.6) is 0 Å². The van der Waals surface area contributed by atoms with E-state index in [0.29, 0.717) is 17.9 Å². The van der Waals surface area contributed by atoms with Crippen molar-refractivity contribution in [3.8, 4) is 0 Å². The lowest BCUT2D eigenvalue weighted by Gasteiger charge is -2.23. The number of nitrogen functional groups attached to an aromatic ring is 1. The van der Waals surface area contributed by atoms with Crippen molar-refractivity contribution in [1.82, 2.24) is 14.5 Å². The van der Waals surface area contributed by atoms with Crippen molar-refractivity contribution in [1.29, 1.82) is 0 Å². The quantitative estimate of drug-likeness (QED) is 0.226. The number of nitrogens with zero attached hydrogens (tertiary/aromatic N) is 2. The predicted molar refractivity (Wildman–Crippen MR) is 147 cm³/mol. The Balaban J connectivity index is 1.64. The molecule has 0 aromatic carbocycles. The SMILES string of the molecule is CCCCCCCCCCCCOC[C@H]1O[C@@H](n2c(=O)sc3c(=O)[nH]c(N)nc32)[C@H](OC(C)=O)[C@@H]1OC(C)=O. The van der Waals surface area contributed by atoms with Gasteiger partial charge in [-0.1, -0.05) is 76.0 Å². The normalized spacial score (nSPS) is 20.9. The van der Waals surface area contributed by atoms with Crippen LogP contribution >= 0.6 is 11.3 Å². The molecule has 1 aliphatic heterocycles. The van der Waals surface area contributed by atoms with Gasteiger partial charge in [-0.2, -0.15) is 4.98 Å². The van der Waals surface area contributed by atoms with E-state index >= 15 is 0 Å². The monoisotopic (exact) mass is 568 g/mol. The van der Waals surface area contributed by atoms with Gasteiger partial charge in [0.15, 0.2) is 24.1 Å². The lowest BCUT2D eigenvalue weighted by Crippen LogP contribution is -2.41. The second-order valence-corrected chi connectivity index (χ2v) is 10.8. The standard InChI is InChI=1S/C26H40N4O8S/c1-4-5-6-7-8-9-10-11-12-13-14-35-15-18-19(36-16(2)31)20(37-17(3)32)24(38-18)30-22-21(39-26(30)34)23(33)29-25(27)28-22/h18-20,24H,4-15H2,1-3H3,(H3,27,28,29,33)/t18-,19-,20-,24-/m1/s1. The number of ether oxygens (including phenoxy) is 4. The number of anilines is 1. The summed E-state index contributed by atoms with van der Waals surface area (Å²) in [5.41, 5.74) is 5.11. The fourth-order valence-electron chi connectivity index (χ4n) is 4.76. The highest BCUT2D eigenvalue weighted by Gasteiger charge is 2.51. The number of hydrogen-bond donors (Lipinski definition) is 2. The van der Waals surface area contributed by atoms with E-state index in [1.54, 1.807) is 0 Å². The molecule has 0 aliphatic carbocycles. The molecule has 0 spiro atoms. The van der Waals surface area contributed by atoms with Gasteiger partial charge in [0, 0.05) is 20.5 Å². The highest BCUT2D eigenvalue weighted by molar-refractivity contribution is 7.16. The molecular formula is C26H40N4O8S. The summed E-state index contributed by atoms with van der Waals surface area (Å²) in [5.74, 6) is -1.45. The number of carbonyl (C=O) groups is 2. The Morgan fingerprint density at radius 1 is 0.974 bits per heavy atom. The lowest BCUT2D eigenvalue weighted by atomic mass is 10.1. The Bertz CT molecular complexity index is 1210. The van der Waals surface area contributed by atoms with E-state index in [2.05, 4.69) is 16.9 Å². The Kier molecular flexibility index (Phi) is 11.9. The van der Waals surface area contributed by atoms with Crippen LogP contribution in [0.2, 0.25) is 0 Å². The zero-order valence-electron chi connectivity index (χ0n) is 22.9. The van der Waals surface area contributed by atoms with Crippen LogP contribution in [-0.2, 0) is 28.5 Å². The van der Waals surface area contributed by atoms with Crippen LogP contribution in [0.1, 0.15) is 91.2 Å². The Morgan fingerprint density at radius 3 is 2.18 bits per heavy atom. The molecule has 0 saturated carbocycles. The molecule has 1 saturated heterocycles. The number of esters is 2. The summed E-state index contributed by atoms with van der Waals surface area (Å²) in [4.78, 5) is 55.0. The molecule has 2 aromatic rings. The number of unbranched alkanes of at least 4 members (excludes halogenated alkanes) is 9. The first kappa shape index (κ1) is 30.8. The predicted octanol–water partition coefficient (Wildman–Crippen LogP) is 3.43. The summed E-state index contributed by atoms with van der Waals surface area (Å²) in [6, 6.07) is 0. The van der Waals surface area contributed by atoms with Gasteiger partial charge in [0.05, 0.1) is 6.61 Å². The van der Waals surface area contributed by atoms with Gasteiger partial charge in [-0.3, -0.25) is 28.7 Å². The van der Waals surface area contributed by atoms with Crippen molar-refractivity contribution in [2.75, 3.05) is 18.9 Å². The number of aromatic nitrogens is 3. The second kappa shape index (κ2) is 15.1. The summed E-state index contributed by atoms with van der Waals surface area (Å²) in [7, 11) is 0. The minimum Gasteiger partial charge on any atom is -0.456 e. The molecule has 3 heterocycles. The highest BCUT2D eigenvalue weighted by Crippen LogP contribution is 2.35. The smallest absolute Gasteiger partial charge is 0.311 e. The molecule has 39 heavy (non-hydrogen) atoms. The largest absolute Gasteiger partial charge is 0.456 e. The van der Waals surface area contributed by atoms with Gasteiger partial charge in [-0.05, 0) is 6.42 Å². The van der Waals surface area contributed by atoms with Crippen molar-refractivity contribution in [2.24, 2.45) is 0 Å². The Hall–Kier alpha value is -2.77. The van der Waals surface area contributed by atoms with E-state index in [9.17, 15) is 19.2 Å². The molecule has 0 unspecified atom stereocenters. The summed E-state index contributed by atoms with van der Waals surface area (Å²) < 4.78 is 24.0. The summed E-state index contributed by atoms with van der Waals surface area (Å²) >= 11 is 0.661. The molecular weight excluding hydrogens is 528 g/mol. The number of fused-ring (bicyclic) bond motifs is 1. The number of nitrogens with two attached hydrogens (primary N) is 1. The number of hydrogen-bond acceptors (Lipinski definition) is 11. The van der Waals surface area contributed by atoms with E-state index in [0.717, 1.165) is 23.8 Å². The minimum absolute atomic E-state index is 0.0121. The number of aromatic amines is 1. The Labute approximate surface area is 231 Å². The van der Waals surface area contributed by atoms with Crippen molar-refractivity contribution in [3.05, 3.63) is 20.0 Å². The number of thiazole rings is 1. The van der Waals surface area contributed by atoms with Crippen molar-refractivity contribution in [2.45, 2.75) is 110 Å². The van der Waals surface area contributed by atoms with Gasteiger partial charge >= 0.3 is 16.8 Å². The molecule has 1 aliphatic rings. The first-order chi connectivity index (χ1) is 18.7. The van der Waals surface area contributed by atoms with Crippen LogP contribution in [0.25, 0.3) is 10.3 Å². The first-order valence-electron chi connectivity index (χ1n) is 13.7. The molecule has 2 aromatic heterocycles.